The van der Waals surface area contributed by atoms with Crippen LogP contribution >= 0.6 is 0 Å². The van der Waals surface area contributed by atoms with Crippen LogP contribution in [0.5, 0.6) is 0 Å². The molecule has 0 fully saturated rings. The zero-order valence-electron chi connectivity index (χ0n) is 50.8. The van der Waals surface area contributed by atoms with Gasteiger partial charge in [0, 0.05) is 51.8 Å². The first-order valence-electron chi connectivity index (χ1n) is 30.1. The summed E-state index contributed by atoms with van der Waals surface area (Å²) >= 11 is 0. The molecule has 12 nitrogen and oxygen atoms in total. The van der Waals surface area contributed by atoms with Crippen molar-refractivity contribution in [3.63, 3.8) is 0 Å². The molecule has 0 amide bonds. The maximum absolute atomic E-state index is 10.5. The Balaban J connectivity index is 0.854. The highest BCUT2D eigenvalue weighted by Gasteiger charge is 2.24. The Morgan fingerprint density at radius 1 is 0.340 bits per heavy atom. The SMILES string of the molecule is C/C=C(C#N)/C(C#[N+]c1cccc(-c2ccc(N(c3ccc(-c4ccccc4)cc3)c3cccc(-c4cccc(N(c5ccc(-c6ccccc6)cc5)c5ccc(-c6ccccc6)cc5)c4)c3)cc2)c1)=C\c1c(C)c2nc(C#N)c(C#N)nc2c2nc(C#N)c(C#N)nc12. The van der Waals surface area contributed by atoms with Crippen molar-refractivity contribution in [3.05, 3.63) is 317 Å². The molecule has 0 saturated carbocycles. The quantitative estimate of drug-likeness (QED) is 0.0608. The van der Waals surface area contributed by atoms with Crippen molar-refractivity contribution in [1.82, 2.24) is 19.9 Å². The van der Waals surface area contributed by atoms with Crippen molar-refractivity contribution < 1.29 is 0 Å². The predicted molar refractivity (Wildman–Crippen MR) is 373 cm³/mol. The number of nitriles is 5. The molecular formula is C82H51N12+. The number of aryl methyl sites for hydroxylation is 1. The van der Waals surface area contributed by atoms with E-state index in [1.165, 1.54) is 0 Å². The summed E-state index contributed by atoms with van der Waals surface area (Å²) in [6.45, 7) is 3.44. The Morgan fingerprint density at radius 2 is 0.670 bits per heavy atom. The lowest BCUT2D eigenvalue weighted by Crippen LogP contribution is -2.10. The molecule has 0 bridgehead atoms. The first kappa shape index (κ1) is 59.1. The highest BCUT2D eigenvalue weighted by molar-refractivity contribution is 6.07. The van der Waals surface area contributed by atoms with Gasteiger partial charge in [-0.25, -0.2) is 19.9 Å². The molecule has 0 spiro atoms. The topological polar surface area (TPSA) is 181 Å². The first-order valence-corrected chi connectivity index (χ1v) is 30.1. The van der Waals surface area contributed by atoms with Crippen LogP contribution in [-0.2, 0) is 0 Å². The van der Waals surface area contributed by atoms with E-state index in [1.807, 2.05) is 78.9 Å². The van der Waals surface area contributed by atoms with E-state index >= 15 is 0 Å². The van der Waals surface area contributed by atoms with E-state index in [9.17, 15) is 26.3 Å². The van der Waals surface area contributed by atoms with Gasteiger partial charge in [-0.15, -0.1) is 0 Å². The van der Waals surface area contributed by atoms with Gasteiger partial charge < -0.3 is 9.80 Å². The number of benzene rings is 11. The Kier molecular flexibility index (Phi) is 16.6. The minimum atomic E-state index is -0.254. The van der Waals surface area contributed by atoms with Crippen molar-refractivity contribution in [2.75, 3.05) is 9.80 Å². The zero-order valence-corrected chi connectivity index (χ0v) is 50.8. The molecular weight excluding hydrogens is 1150 g/mol. The predicted octanol–water partition coefficient (Wildman–Crippen LogP) is 20.2. The standard InChI is InChI=1S/C82H51N12/c1-3-55(48-83)66(47-74-54(2)79-81(91-77(51-86)75(49-84)89-79)82-80(74)90-76(50-85)78(52-87)92-82)53-88-67-25-13-22-63(44-67)62-34-42-71(43-35-62)94(70-40-32-61(33-41-70)58-20-11-6-12-21-58)73-27-15-24-65(46-73)64-23-14-26-72(45-64)93(68-36-28-59(29-37-68)56-16-7-4-8-17-56)69-38-30-60(31-39-69)57-18-9-5-10-19-57/h3-47H,1-2H3/q+1/b55-3+. The molecule has 94 heavy (non-hydrogen) atoms. The van der Waals surface area contributed by atoms with E-state index in [4.69, 9.17) is 4.85 Å². The smallest absolute Gasteiger partial charge is 0.310 e. The van der Waals surface area contributed by atoms with Gasteiger partial charge >= 0.3 is 11.8 Å². The van der Waals surface area contributed by atoms with E-state index < -0.39 is 0 Å². The van der Waals surface area contributed by atoms with Gasteiger partial charge in [-0.2, -0.15) is 26.3 Å². The molecule has 0 aliphatic heterocycles. The number of rotatable bonds is 13. The number of anilines is 6. The van der Waals surface area contributed by atoms with Crippen LogP contribution in [0.2, 0.25) is 0 Å². The maximum atomic E-state index is 10.5. The van der Waals surface area contributed by atoms with Crippen LogP contribution in [0.3, 0.4) is 0 Å². The van der Waals surface area contributed by atoms with E-state index in [-0.39, 0.29) is 56.0 Å². The Hall–Kier alpha value is -13.9. The average molecular weight is 1200 g/mol. The number of hydrogen-bond donors (Lipinski definition) is 0. The number of aromatic nitrogens is 4. The fraction of sp³-hybridized carbons (Fsp3) is 0.0244. The lowest BCUT2D eigenvalue weighted by atomic mass is 9.98. The first-order chi connectivity index (χ1) is 46.2. The number of hydrogen-bond acceptors (Lipinski definition) is 11. The van der Waals surface area contributed by atoms with E-state index in [0.29, 0.717) is 16.8 Å². The average Bonchev–Trinajstić information content (AvgIpc) is 0.746. The summed E-state index contributed by atoms with van der Waals surface area (Å²) in [6, 6.07) is 104. The third-order valence-corrected chi connectivity index (χ3v) is 16.3. The van der Waals surface area contributed by atoms with Crippen LogP contribution in [0.4, 0.5) is 39.8 Å². The molecule has 12 heteroatoms. The molecule has 2 aromatic heterocycles. The molecule has 11 aromatic carbocycles. The van der Waals surface area contributed by atoms with Crippen LogP contribution in [-0.4, -0.2) is 19.9 Å². The summed E-state index contributed by atoms with van der Waals surface area (Å²) in [7, 11) is 0. The molecule has 0 saturated heterocycles. The van der Waals surface area contributed by atoms with Crippen LogP contribution in [0, 0.1) is 69.6 Å². The van der Waals surface area contributed by atoms with Crippen molar-refractivity contribution in [1.29, 1.82) is 26.3 Å². The molecule has 0 N–H and O–H groups in total. The monoisotopic (exact) mass is 1200 g/mol. The van der Waals surface area contributed by atoms with E-state index in [2.05, 4.69) is 248 Å². The molecule has 13 aromatic rings. The van der Waals surface area contributed by atoms with Crippen LogP contribution < -0.4 is 9.80 Å². The molecule has 13 rings (SSSR count). The van der Waals surface area contributed by atoms with Gasteiger partial charge in [0.2, 0.25) is 0 Å². The molecule has 0 aliphatic carbocycles. The van der Waals surface area contributed by atoms with Crippen molar-refractivity contribution in [2.45, 2.75) is 13.8 Å². The van der Waals surface area contributed by atoms with Crippen molar-refractivity contribution >= 4 is 68.0 Å². The normalized spacial score (nSPS) is 11.1. The Bertz CT molecular complexity index is 5340. The molecule has 0 unspecified atom stereocenters. The summed E-state index contributed by atoms with van der Waals surface area (Å²) in [5, 5.41) is 50.2. The van der Waals surface area contributed by atoms with Gasteiger partial charge in [-0.3, -0.25) is 0 Å². The second-order valence-electron chi connectivity index (χ2n) is 21.9. The summed E-state index contributed by atoms with van der Waals surface area (Å²) < 4.78 is 0. The number of fused-ring (bicyclic) bond motifs is 3. The highest BCUT2D eigenvalue weighted by atomic mass is 15.1. The molecule has 0 aliphatic rings. The zero-order chi connectivity index (χ0) is 64.5. The summed E-state index contributed by atoms with van der Waals surface area (Å²) in [6.07, 6.45) is 3.26. The molecule has 2 heterocycles. The minimum Gasteiger partial charge on any atom is -0.310 e. The summed E-state index contributed by atoms with van der Waals surface area (Å²) in [4.78, 5) is 27.3. The highest BCUT2D eigenvalue weighted by Crippen LogP contribution is 2.42. The van der Waals surface area contributed by atoms with Crippen LogP contribution in [0.15, 0.2) is 278 Å². The van der Waals surface area contributed by atoms with Crippen molar-refractivity contribution in [2.24, 2.45) is 0 Å². The van der Waals surface area contributed by atoms with Gasteiger partial charge in [0.05, 0.1) is 11.1 Å². The minimum absolute atomic E-state index is 0.0793. The molecule has 0 atom stereocenters. The number of nitrogens with zero attached hydrogens (tertiary/aromatic N) is 12. The third kappa shape index (κ3) is 12.0. The lowest BCUT2D eigenvalue weighted by molar-refractivity contribution is 1.16. The van der Waals surface area contributed by atoms with Gasteiger partial charge in [0.15, 0.2) is 22.8 Å². The Morgan fingerprint density at radius 3 is 1.05 bits per heavy atom. The van der Waals surface area contributed by atoms with Crippen LogP contribution in [0.1, 0.15) is 40.8 Å². The van der Waals surface area contributed by atoms with Gasteiger partial charge in [0.1, 0.15) is 52.5 Å². The second kappa shape index (κ2) is 26.4. The van der Waals surface area contributed by atoms with Crippen LogP contribution in [0.25, 0.3) is 88.6 Å². The fourth-order valence-corrected chi connectivity index (χ4v) is 11.6. The van der Waals surface area contributed by atoms with E-state index in [0.717, 1.165) is 89.8 Å². The summed E-state index contributed by atoms with van der Waals surface area (Å²) in [5.41, 5.74) is 18.2. The molecule has 438 valence electrons. The largest absolute Gasteiger partial charge is 0.341 e. The van der Waals surface area contributed by atoms with E-state index in [1.54, 1.807) is 26.0 Å². The number of allylic oxidation sites excluding steroid dienone is 3. The summed E-state index contributed by atoms with van der Waals surface area (Å²) in [5.74, 6) is 0. The van der Waals surface area contributed by atoms with Gasteiger partial charge in [-0.05, 0) is 159 Å². The Labute approximate surface area is 543 Å². The van der Waals surface area contributed by atoms with Crippen molar-refractivity contribution in [3.8, 4) is 92.0 Å². The third-order valence-electron chi connectivity index (χ3n) is 16.3. The molecule has 0 radical (unpaired) electrons. The fourth-order valence-electron chi connectivity index (χ4n) is 11.6. The second-order valence-corrected chi connectivity index (χ2v) is 21.9. The maximum Gasteiger partial charge on any atom is 0.341 e. The lowest BCUT2D eigenvalue weighted by Gasteiger charge is -2.27. The van der Waals surface area contributed by atoms with Gasteiger partial charge in [0.25, 0.3) is 0 Å². The van der Waals surface area contributed by atoms with Gasteiger partial charge in [-0.1, -0.05) is 182 Å².